The molecular weight excluding hydrogens is 284 g/mol. The van der Waals surface area contributed by atoms with Crippen LogP contribution in [0.1, 0.15) is 0 Å². The van der Waals surface area contributed by atoms with Crippen LogP contribution in [-0.2, 0) is 10.0 Å². The predicted molar refractivity (Wildman–Crippen MR) is 60.7 cm³/mol. The summed E-state index contributed by atoms with van der Waals surface area (Å²) in [5.41, 5.74) is -1.89. The maximum Gasteiger partial charge on any atom is 0.241 e. The molecule has 0 aliphatic carbocycles. The van der Waals surface area contributed by atoms with Gasteiger partial charge in [-0.15, -0.1) is 0 Å². The molecular formula is C10H13F2NO5S. The molecule has 0 atom stereocenters. The van der Waals surface area contributed by atoms with Crippen LogP contribution < -0.4 is 4.72 Å². The highest BCUT2D eigenvalue weighted by atomic mass is 32.2. The molecule has 4 N–H and O–H groups in total. The van der Waals surface area contributed by atoms with E-state index < -0.39 is 51.9 Å². The summed E-state index contributed by atoms with van der Waals surface area (Å²) in [4.78, 5) is -0.592. The highest BCUT2D eigenvalue weighted by Crippen LogP contribution is 2.16. The molecule has 0 unspecified atom stereocenters. The number of aliphatic hydroxyl groups is 3. The van der Waals surface area contributed by atoms with Crippen molar-refractivity contribution < 1.29 is 32.5 Å². The molecule has 9 heteroatoms. The third-order valence-corrected chi connectivity index (χ3v) is 4.04. The molecule has 0 saturated carbocycles. The average molecular weight is 297 g/mol. The number of aliphatic hydroxyl groups excluding tert-OH is 3. The third-order valence-electron chi connectivity index (χ3n) is 2.46. The fraction of sp³-hybridized carbons (Fsp3) is 0.400. The standard InChI is InChI=1S/C10H13F2NO5S/c11-8-2-1-7(3-9(8)12)19(17,18)13-10(4-14,5-15)6-16/h1-3,13-16H,4-6H2. The Morgan fingerprint density at radius 3 is 2.00 bits per heavy atom. The Hall–Kier alpha value is -1.13. The normalized spacial score (nSPS) is 12.7. The first kappa shape index (κ1) is 15.9. The van der Waals surface area contributed by atoms with Gasteiger partial charge in [0.05, 0.1) is 24.7 Å². The zero-order chi connectivity index (χ0) is 14.7. The van der Waals surface area contributed by atoms with Crippen LogP contribution in [-0.4, -0.2) is 49.1 Å². The predicted octanol–water partition coefficient (Wildman–Crippen LogP) is -1.04. The molecule has 0 amide bonds. The topological polar surface area (TPSA) is 107 Å². The summed E-state index contributed by atoms with van der Waals surface area (Å²) in [5.74, 6) is -2.57. The molecule has 0 radical (unpaired) electrons. The number of hydrogen-bond acceptors (Lipinski definition) is 5. The molecule has 0 spiro atoms. The molecule has 0 bridgehead atoms. The zero-order valence-corrected chi connectivity index (χ0v) is 10.5. The summed E-state index contributed by atoms with van der Waals surface area (Å²) in [5, 5.41) is 27.0. The number of benzene rings is 1. The monoisotopic (exact) mass is 297 g/mol. The molecule has 0 fully saturated rings. The number of nitrogens with one attached hydrogen (secondary N) is 1. The van der Waals surface area contributed by atoms with Crippen molar-refractivity contribution in [1.29, 1.82) is 0 Å². The molecule has 1 aromatic carbocycles. The van der Waals surface area contributed by atoms with Crippen LogP contribution in [0.3, 0.4) is 0 Å². The van der Waals surface area contributed by atoms with Crippen molar-refractivity contribution in [2.75, 3.05) is 19.8 Å². The van der Waals surface area contributed by atoms with E-state index in [1.807, 2.05) is 4.72 Å². The highest BCUT2D eigenvalue weighted by Gasteiger charge is 2.34. The molecule has 0 aliphatic heterocycles. The highest BCUT2D eigenvalue weighted by molar-refractivity contribution is 7.89. The van der Waals surface area contributed by atoms with Gasteiger partial charge in [0.25, 0.3) is 0 Å². The summed E-state index contributed by atoms with van der Waals surface area (Å²) in [6.07, 6.45) is 0. The second-order valence-electron chi connectivity index (χ2n) is 3.94. The number of sulfonamides is 1. The van der Waals surface area contributed by atoms with Crippen LogP contribution in [0.2, 0.25) is 0 Å². The van der Waals surface area contributed by atoms with E-state index in [0.717, 1.165) is 6.07 Å². The minimum Gasteiger partial charge on any atom is -0.394 e. The van der Waals surface area contributed by atoms with Crippen molar-refractivity contribution in [3.63, 3.8) is 0 Å². The molecule has 108 valence electrons. The molecule has 0 saturated heterocycles. The Morgan fingerprint density at radius 1 is 1.05 bits per heavy atom. The van der Waals surface area contributed by atoms with E-state index in [1.54, 1.807) is 0 Å². The van der Waals surface area contributed by atoms with Gasteiger partial charge >= 0.3 is 0 Å². The van der Waals surface area contributed by atoms with E-state index in [9.17, 15) is 17.2 Å². The quantitative estimate of drug-likeness (QED) is 0.536. The fourth-order valence-corrected chi connectivity index (χ4v) is 2.62. The van der Waals surface area contributed by atoms with E-state index in [1.165, 1.54) is 0 Å². The number of rotatable bonds is 6. The van der Waals surface area contributed by atoms with Crippen molar-refractivity contribution in [3.05, 3.63) is 29.8 Å². The summed E-state index contributed by atoms with van der Waals surface area (Å²) < 4.78 is 51.2. The van der Waals surface area contributed by atoms with E-state index in [0.29, 0.717) is 12.1 Å². The third kappa shape index (κ3) is 3.45. The van der Waals surface area contributed by atoms with Crippen molar-refractivity contribution in [2.45, 2.75) is 10.4 Å². The van der Waals surface area contributed by atoms with Crippen LogP contribution in [0.5, 0.6) is 0 Å². The summed E-state index contributed by atoms with van der Waals surface area (Å²) in [7, 11) is -4.33. The van der Waals surface area contributed by atoms with Gasteiger partial charge in [0.1, 0.15) is 5.54 Å². The molecule has 19 heavy (non-hydrogen) atoms. The molecule has 0 aromatic heterocycles. The maximum absolute atomic E-state index is 13.0. The van der Waals surface area contributed by atoms with Gasteiger partial charge in [-0.2, -0.15) is 4.72 Å². The Kier molecular flexibility index (Phi) is 4.93. The van der Waals surface area contributed by atoms with Gasteiger partial charge in [-0.1, -0.05) is 0 Å². The Bertz CT molecular complexity index is 537. The van der Waals surface area contributed by atoms with Gasteiger partial charge in [0, 0.05) is 0 Å². The van der Waals surface area contributed by atoms with Gasteiger partial charge in [-0.25, -0.2) is 17.2 Å². The SMILES string of the molecule is O=S(=O)(NC(CO)(CO)CO)c1ccc(F)c(F)c1. The van der Waals surface area contributed by atoms with Crippen molar-refractivity contribution in [3.8, 4) is 0 Å². The van der Waals surface area contributed by atoms with Crippen molar-refractivity contribution in [1.82, 2.24) is 4.72 Å². The van der Waals surface area contributed by atoms with E-state index in [4.69, 9.17) is 15.3 Å². The van der Waals surface area contributed by atoms with Crippen molar-refractivity contribution >= 4 is 10.0 Å². The Morgan fingerprint density at radius 2 is 1.58 bits per heavy atom. The summed E-state index contributed by atoms with van der Waals surface area (Å²) in [6, 6.07) is 1.90. The van der Waals surface area contributed by atoms with Gasteiger partial charge < -0.3 is 15.3 Å². The Balaban J connectivity index is 3.14. The minimum atomic E-state index is -4.33. The lowest BCUT2D eigenvalue weighted by Crippen LogP contribution is -2.56. The lowest BCUT2D eigenvalue weighted by Gasteiger charge is -2.28. The van der Waals surface area contributed by atoms with Gasteiger partial charge in [-0.05, 0) is 18.2 Å². The molecule has 0 heterocycles. The summed E-state index contributed by atoms with van der Waals surface area (Å²) >= 11 is 0. The molecule has 0 aliphatic rings. The number of hydrogen-bond donors (Lipinski definition) is 4. The van der Waals surface area contributed by atoms with Gasteiger partial charge in [-0.3, -0.25) is 0 Å². The van der Waals surface area contributed by atoms with Crippen LogP contribution in [0.25, 0.3) is 0 Å². The lowest BCUT2D eigenvalue weighted by molar-refractivity contribution is 0.0582. The smallest absolute Gasteiger partial charge is 0.241 e. The first-order chi connectivity index (χ1) is 8.80. The molecule has 6 nitrogen and oxygen atoms in total. The van der Waals surface area contributed by atoms with Crippen LogP contribution >= 0.6 is 0 Å². The largest absolute Gasteiger partial charge is 0.394 e. The molecule has 1 rings (SSSR count). The van der Waals surface area contributed by atoms with Gasteiger partial charge in [0.2, 0.25) is 10.0 Å². The van der Waals surface area contributed by atoms with Crippen LogP contribution in [0, 0.1) is 11.6 Å². The first-order valence-corrected chi connectivity index (χ1v) is 6.60. The van der Waals surface area contributed by atoms with E-state index in [2.05, 4.69) is 0 Å². The zero-order valence-electron chi connectivity index (χ0n) is 9.68. The first-order valence-electron chi connectivity index (χ1n) is 5.12. The summed E-state index contributed by atoms with van der Waals surface area (Å²) in [6.45, 7) is -2.62. The van der Waals surface area contributed by atoms with Crippen molar-refractivity contribution in [2.24, 2.45) is 0 Å². The second-order valence-corrected chi connectivity index (χ2v) is 5.62. The fourth-order valence-electron chi connectivity index (χ4n) is 1.23. The molecule has 1 aromatic rings. The Labute approximate surface area is 108 Å². The van der Waals surface area contributed by atoms with E-state index in [-0.39, 0.29) is 0 Å². The minimum absolute atomic E-state index is 0.453. The van der Waals surface area contributed by atoms with Crippen LogP contribution in [0.4, 0.5) is 8.78 Å². The lowest BCUT2D eigenvalue weighted by atomic mass is 10.1. The van der Waals surface area contributed by atoms with Gasteiger partial charge in [0.15, 0.2) is 11.6 Å². The second kappa shape index (κ2) is 5.88. The van der Waals surface area contributed by atoms with Crippen LogP contribution in [0.15, 0.2) is 23.1 Å². The van der Waals surface area contributed by atoms with E-state index >= 15 is 0 Å². The average Bonchev–Trinajstić information content (AvgIpc) is 2.39. The number of halogens is 2. The maximum atomic E-state index is 13.0.